The summed E-state index contributed by atoms with van der Waals surface area (Å²) in [6.07, 6.45) is -0.699. The number of benzene rings is 1. The van der Waals surface area contributed by atoms with E-state index in [0.717, 1.165) is 21.1 Å². The highest BCUT2D eigenvalue weighted by molar-refractivity contribution is 7.27. The highest BCUT2D eigenvalue weighted by Gasteiger charge is 2.40. The van der Waals surface area contributed by atoms with Crippen LogP contribution in [0.25, 0.3) is 0 Å². The van der Waals surface area contributed by atoms with E-state index in [4.69, 9.17) is 4.74 Å². The summed E-state index contributed by atoms with van der Waals surface area (Å²) in [4.78, 5) is 13.5. The van der Waals surface area contributed by atoms with Gasteiger partial charge in [-0.1, -0.05) is 34.8 Å². The fourth-order valence-electron chi connectivity index (χ4n) is 2.64. The Kier molecular flexibility index (Phi) is 2.81. The van der Waals surface area contributed by atoms with Gasteiger partial charge in [0.25, 0.3) is 4.06 Å². The largest absolute Gasteiger partial charge is 0.393 e. The molecule has 0 unspecified atom stereocenters. The van der Waals surface area contributed by atoms with E-state index in [2.05, 4.69) is 10.6 Å². The number of hydrogen-bond donors (Lipinski definition) is 3. The fourth-order valence-corrected chi connectivity index (χ4v) is 4.98. The van der Waals surface area contributed by atoms with Gasteiger partial charge in [0.1, 0.15) is 12.1 Å². The Morgan fingerprint density at radius 3 is 2.60 bits per heavy atom. The second kappa shape index (κ2) is 4.56. The van der Waals surface area contributed by atoms with Gasteiger partial charge in [-0.05, 0) is 12.1 Å². The standard InChI is InChI=1S/C13H12N2O3S2/c16-5-8-10-11(20-13(17)19-10)9-12(18-8)15-7-4-2-1-3-6(7)14-9/h1-4,8-9,12,14-16H,5H2/t8-,9+,12-/m1/s1. The summed E-state index contributed by atoms with van der Waals surface area (Å²) >= 11 is 2.41. The minimum absolute atomic E-state index is 0.0401. The highest BCUT2D eigenvalue weighted by atomic mass is 32.2. The molecular weight excluding hydrogens is 296 g/mol. The molecule has 3 N–H and O–H groups in total. The lowest BCUT2D eigenvalue weighted by Gasteiger charge is -2.40. The summed E-state index contributed by atoms with van der Waals surface area (Å²) in [6.45, 7) is -0.119. The lowest BCUT2D eigenvalue weighted by Crippen LogP contribution is -2.42. The number of aliphatic hydroxyl groups excluding tert-OH is 1. The van der Waals surface area contributed by atoms with Gasteiger partial charge in [0.2, 0.25) is 0 Å². The summed E-state index contributed by atoms with van der Waals surface area (Å²) in [5, 5.41) is 16.2. The van der Waals surface area contributed by atoms with Crippen LogP contribution < -0.4 is 14.7 Å². The first-order valence-electron chi connectivity index (χ1n) is 6.28. The van der Waals surface area contributed by atoms with E-state index >= 15 is 0 Å². The maximum absolute atomic E-state index is 11.7. The molecular formula is C13H12N2O3S2. The van der Waals surface area contributed by atoms with Crippen molar-refractivity contribution >= 4 is 34.0 Å². The monoisotopic (exact) mass is 308 g/mol. The highest BCUT2D eigenvalue weighted by Crippen LogP contribution is 2.45. The van der Waals surface area contributed by atoms with Crippen LogP contribution in [0.15, 0.2) is 29.1 Å². The first kappa shape index (κ1) is 12.3. The van der Waals surface area contributed by atoms with Crippen LogP contribution in [-0.4, -0.2) is 17.9 Å². The van der Waals surface area contributed by atoms with Crippen molar-refractivity contribution in [3.63, 3.8) is 0 Å². The SMILES string of the molecule is O=c1sc2c(s1)[C@@H]1Nc3ccccc3N[C@@H]1O[C@@H]2CO. The normalized spacial score (nSPS) is 26.8. The van der Waals surface area contributed by atoms with E-state index < -0.39 is 6.10 Å². The molecule has 0 saturated heterocycles. The van der Waals surface area contributed by atoms with Crippen LogP contribution in [0.5, 0.6) is 0 Å². The Balaban J connectivity index is 1.81. The molecule has 7 heteroatoms. The molecule has 2 aromatic rings. The van der Waals surface area contributed by atoms with Gasteiger partial charge in [-0.25, -0.2) is 0 Å². The number of nitrogens with one attached hydrogen (secondary N) is 2. The molecule has 1 aromatic heterocycles. The van der Waals surface area contributed by atoms with Crippen molar-refractivity contribution in [3.05, 3.63) is 42.9 Å². The molecule has 0 fully saturated rings. The zero-order valence-corrected chi connectivity index (χ0v) is 12.0. The number of para-hydroxylation sites is 2. The smallest absolute Gasteiger partial charge is 0.288 e. The van der Waals surface area contributed by atoms with Gasteiger partial charge >= 0.3 is 0 Å². The van der Waals surface area contributed by atoms with E-state index in [1.54, 1.807) is 0 Å². The summed E-state index contributed by atoms with van der Waals surface area (Å²) in [7, 11) is 0. The molecule has 5 nitrogen and oxygen atoms in total. The van der Waals surface area contributed by atoms with E-state index in [9.17, 15) is 9.90 Å². The molecule has 2 aliphatic rings. The number of fused-ring (bicyclic) bond motifs is 4. The van der Waals surface area contributed by atoms with Crippen LogP contribution in [0.3, 0.4) is 0 Å². The van der Waals surface area contributed by atoms with Crippen molar-refractivity contribution in [2.24, 2.45) is 0 Å². The number of hydrogen-bond acceptors (Lipinski definition) is 7. The Hall–Kier alpha value is -1.41. The first-order valence-corrected chi connectivity index (χ1v) is 7.91. The molecule has 0 bridgehead atoms. The van der Waals surface area contributed by atoms with Gasteiger partial charge in [-0.2, -0.15) is 0 Å². The molecule has 0 amide bonds. The summed E-state index contributed by atoms with van der Waals surface area (Å²) in [5.74, 6) is 0. The van der Waals surface area contributed by atoms with E-state index in [1.165, 1.54) is 22.7 Å². The van der Waals surface area contributed by atoms with Crippen molar-refractivity contribution < 1.29 is 9.84 Å². The third kappa shape index (κ3) is 1.78. The molecule has 3 atom stereocenters. The molecule has 2 aliphatic heterocycles. The van der Waals surface area contributed by atoms with Crippen LogP contribution in [0.1, 0.15) is 21.9 Å². The van der Waals surface area contributed by atoms with Crippen LogP contribution >= 0.6 is 22.7 Å². The summed E-state index contributed by atoms with van der Waals surface area (Å²) < 4.78 is 5.93. The Morgan fingerprint density at radius 1 is 1.15 bits per heavy atom. The molecule has 20 heavy (non-hydrogen) atoms. The minimum Gasteiger partial charge on any atom is -0.393 e. The van der Waals surface area contributed by atoms with Crippen LogP contribution in [0.2, 0.25) is 0 Å². The molecule has 0 radical (unpaired) electrons. The molecule has 4 rings (SSSR count). The fraction of sp³-hybridized carbons (Fsp3) is 0.308. The van der Waals surface area contributed by atoms with Crippen LogP contribution in [-0.2, 0) is 4.74 Å². The predicted molar refractivity (Wildman–Crippen MR) is 79.6 cm³/mol. The third-order valence-corrected chi connectivity index (χ3v) is 5.88. The summed E-state index contributed by atoms with van der Waals surface area (Å²) in [6, 6.07) is 7.79. The maximum Gasteiger partial charge on any atom is 0.288 e. The molecule has 104 valence electrons. The maximum atomic E-state index is 11.7. The van der Waals surface area contributed by atoms with Crippen molar-refractivity contribution in [3.8, 4) is 0 Å². The van der Waals surface area contributed by atoms with Crippen molar-refractivity contribution in [1.29, 1.82) is 0 Å². The quantitative estimate of drug-likeness (QED) is 0.753. The van der Waals surface area contributed by atoms with Gasteiger partial charge in [-0.15, -0.1) is 0 Å². The van der Waals surface area contributed by atoms with Crippen LogP contribution in [0.4, 0.5) is 11.4 Å². The second-order valence-corrected chi connectivity index (χ2v) is 7.01. The minimum atomic E-state index is -0.422. The number of aliphatic hydroxyl groups is 1. The van der Waals surface area contributed by atoms with E-state index in [-0.39, 0.29) is 22.9 Å². The van der Waals surface area contributed by atoms with Crippen molar-refractivity contribution in [2.75, 3.05) is 17.2 Å². The molecule has 0 saturated carbocycles. The lowest BCUT2D eigenvalue weighted by molar-refractivity contribution is -0.0464. The van der Waals surface area contributed by atoms with Gasteiger partial charge in [-0.3, -0.25) is 4.79 Å². The molecule has 0 spiro atoms. The van der Waals surface area contributed by atoms with Gasteiger partial charge in [0, 0.05) is 0 Å². The van der Waals surface area contributed by atoms with Crippen molar-refractivity contribution in [2.45, 2.75) is 18.4 Å². The predicted octanol–water partition coefficient (Wildman–Crippen LogP) is 2.14. The molecule has 3 heterocycles. The Bertz CT molecular complexity index is 712. The van der Waals surface area contributed by atoms with Gasteiger partial charge < -0.3 is 20.5 Å². The third-order valence-electron chi connectivity index (χ3n) is 3.52. The number of ether oxygens (including phenoxy) is 1. The molecule has 0 aliphatic carbocycles. The number of rotatable bonds is 1. The number of anilines is 2. The molecule has 1 aromatic carbocycles. The Morgan fingerprint density at radius 2 is 1.85 bits per heavy atom. The van der Waals surface area contributed by atoms with E-state index in [0.29, 0.717) is 0 Å². The Labute approximate surface area is 122 Å². The lowest BCUT2D eigenvalue weighted by atomic mass is 10.0. The van der Waals surface area contributed by atoms with Gasteiger partial charge in [0.15, 0.2) is 6.23 Å². The van der Waals surface area contributed by atoms with E-state index in [1.807, 2.05) is 24.3 Å². The van der Waals surface area contributed by atoms with Gasteiger partial charge in [0.05, 0.1) is 27.7 Å². The zero-order valence-electron chi connectivity index (χ0n) is 10.3. The average Bonchev–Trinajstić information content (AvgIpc) is 2.86. The second-order valence-electron chi connectivity index (χ2n) is 4.72. The summed E-state index contributed by atoms with van der Waals surface area (Å²) in [5.41, 5.74) is 1.97. The van der Waals surface area contributed by atoms with Crippen molar-refractivity contribution in [1.82, 2.24) is 0 Å². The zero-order chi connectivity index (χ0) is 13.7. The topological polar surface area (TPSA) is 70.6 Å². The average molecular weight is 308 g/mol. The van der Waals surface area contributed by atoms with Crippen LogP contribution in [0, 0.1) is 0 Å². The first-order chi connectivity index (χ1) is 9.76.